The van der Waals surface area contributed by atoms with Gasteiger partial charge in [0.25, 0.3) is 0 Å². The highest BCUT2D eigenvalue weighted by Crippen LogP contribution is 2.27. The SMILES string of the molecule is C=C(c1ccccn1)c1cccc2ccccc12. The van der Waals surface area contributed by atoms with Gasteiger partial charge in [-0.2, -0.15) is 0 Å². The molecule has 1 heteroatoms. The van der Waals surface area contributed by atoms with Crippen LogP contribution in [0.5, 0.6) is 0 Å². The highest BCUT2D eigenvalue weighted by Gasteiger charge is 2.06. The third-order valence-corrected chi connectivity index (χ3v) is 3.09. The maximum Gasteiger partial charge on any atom is 0.0702 e. The van der Waals surface area contributed by atoms with Gasteiger partial charge in [-0.25, -0.2) is 0 Å². The molecule has 0 amide bonds. The maximum atomic E-state index is 4.36. The minimum absolute atomic E-state index is 0.925. The van der Waals surface area contributed by atoms with Crippen LogP contribution in [0.3, 0.4) is 0 Å². The lowest BCUT2D eigenvalue weighted by Crippen LogP contribution is -1.90. The molecule has 86 valence electrons. The molecule has 1 heterocycles. The van der Waals surface area contributed by atoms with Crippen molar-refractivity contribution >= 4 is 16.3 Å². The highest BCUT2D eigenvalue weighted by molar-refractivity contribution is 5.96. The molecule has 0 radical (unpaired) electrons. The third-order valence-electron chi connectivity index (χ3n) is 3.09. The van der Waals surface area contributed by atoms with E-state index in [0.29, 0.717) is 0 Å². The number of benzene rings is 2. The normalized spacial score (nSPS) is 10.4. The van der Waals surface area contributed by atoms with E-state index in [0.717, 1.165) is 16.8 Å². The molecule has 0 saturated carbocycles. The molecular formula is C17H13N. The molecule has 0 aliphatic heterocycles. The summed E-state index contributed by atoms with van der Waals surface area (Å²) in [5.41, 5.74) is 3.04. The van der Waals surface area contributed by atoms with Crippen molar-refractivity contribution in [1.82, 2.24) is 4.98 Å². The summed E-state index contributed by atoms with van der Waals surface area (Å²) in [5.74, 6) is 0. The van der Waals surface area contributed by atoms with E-state index in [1.807, 2.05) is 18.2 Å². The molecule has 0 unspecified atom stereocenters. The van der Waals surface area contributed by atoms with Crippen molar-refractivity contribution in [2.75, 3.05) is 0 Å². The summed E-state index contributed by atoms with van der Waals surface area (Å²) in [5, 5.41) is 2.45. The van der Waals surface area contributed by atoms with Gasteiger partial charge in [0.2, 0.25) is 0 Å². The molecule has 3 aromatic rings. The Morgan fingerprint density at radius 1 is 0.833 bits per heavy atom. The number of rotatable bonds is 2. The molecular weight excluding hydrogens is 218 g/mol. The zero-order valence-electron chi connectivity index (χ0n) is 10.0. The second kappa shape index (κ2) is 4.46. The van der Waals surface area contributed by atoms with Gasteiger partial charge in [0.1, 0.15) is 0 Å². The van der Waals surface area contributed by atoms with Gasteiger partial charge in [0, 0.05) is 11.8 Å². The van der Waals surface area contributed by atoms with Gasteiger partial charge in [0.05, 0.1) is 5.69 Å². The number of aromatic nitrogens is 1. The van der Waals surface area contributed by atoms with E-state index in [4.69, 9.17) is 0 Å². The zero-order valence-corrected chi connectivity index (χ0v) is 10.0. The molecule has 3 rings (SSSR count). The third kappa shape index (κ3) is 1.80. The summed E-state index contributed by atoms with van der Waals surface area (Å²) in [6.07, 6.45) is 1.80. The molecule has 1 nitrogen and oxygen atoms in total. The summed E-state index contributed by atoms with van der Waals surface area (Å²) in [7, 11) is 0. The van der Waals surface area contributed by atoms with Gasteiger partial charge in [-0.15, -0.1) is 0 Å². The fourth-order valence-corrected chi connectivity index (χ4v) is 2.17. The van der Waals surface area contributed by atoms with Gasteiger partial charge in [-0.1, -0.05) is 55.1 Å². The molecule has 2 aromatic carbocycles. The molecule has 0 aliphatic rings. The van der Waals surface area contributed by atoms with Crippen LogP contribution in [-0.4, -0.2) is 4.98 Å². The molecule has 0 aliphatic carbocycles. The van der Waals surface area contributed by atoms with Crippen LogP contribution in [0.2, 0.25) is 0 Å². The number of hydrogen-bond donors (Lipinski definition) is 0. The smallest absolute Gasteiger partial charge is 0.0702 e. The van der Waals surface area contributed by atoms with Gasteiger partial charge in [-0.05, 0) is 28.5 Å². The number of hydrogen-bond acceptors (Lipinski definition) is 1. The van der Waals surface area contributed by atoms with Crippen molar-refractivity contribution in [2.24, 2.45) is 0 Å². The van der Waals surface area contributed by atoms with Crippen LogP contribution >= 0.6 is 0 Å². The van der Waals surface area contributed by atoms with E-state index in [2.05, 4.69) is 54.0 Å². The van der Waals surface area contributed by atoms with E-state index in [-0.39, 0.29) is 0 Å². The lowest BCUT2D eigenvalue weighted by atomic mass is 9.97. The van der Waals surface area contributed by atoms with Crippen LogP contribution in [-0.2, 0) is 0 Å². The topological polar surface area (TPSA) is 12.9 Å². The Balaban J connectivity index is 2.18. The van der Waals surface area contributed by atoms with Gasteiger partial charge >= 0.3 is 0 Å². The average Bonchev–Trinajstić information content (AvgIpc) is 2.47. The summed E-state index contributed by atoms with van der Waals surface area (Å²) in [4.78, 5) is 4.36. The summed E-state index contributed by atoms with van der Waals surface area (Å²) < 4.78 is 0. The average molecular weight is 231 g/mol. The molecule has 0 bridgehead atoms. The monoisotopic (exact) mass is 231 g/mol. The van der Waals surface area contributed by atoms with Crippen LogP contribution < -0.4 is 0 Å². The fourth-order valence-electron chi connectivity index (χ4n) is 2.17. The van der Waals surface area contributed by atoms with Crippen LogP contribution in [0.1, 0.15) is 11.3 Å². The minimum atomic E-state index is 0.925. The highest BCUT2D eigenvalue weighted by atomic mass is 14.7. The lowest BCUT2D eigenvalue weighted by Gasteiger charge is -2.09. The van der Waals surface area contributed by atoms with E-state index in [9.17, 15) is 0 Å². The predicted octanol–water partition coefficient (Wildman–Crippen LogP) is 4.30. The van der Waals surface area contributed by atoms with Gasteiger partial charge < -0.3 is 0 Å². The standard InChI is InChI=1S/C17H13N/c1-13(17-11-4-5-12-18-17)15-10-6-8-14-7-2-3-9-16(14)15/h2-12H,1H2. The molecule has 0 spiro atoms. The maximum absolute atomic E-state index is 4.36. The summed E-state index contributed by atoms with van der Waals surface area (Å²) >= 11 is 0. The van der Waals surface area contributed by atoms with Crippen LogP contribution in [0, 0.1) is 0 Å². The Bertz CT molecular complexity index is 694. The molecule has 0 saturated heterocycles. The molecule has 1 aromatic heterocycles. The van der Waals surface area contributed by atoms with Gasteiger partial charge in [-0.3, -0.25) is 4.98 Å². The second-order valence-corrected chi connectivity index (χ2v) is 4.22. The van der Waals surface area contributed by atoms with E-state index < -0.39 is 0 Å². The van der Waals surface area contributed by atoms with E-state index >= 15 is 0 Å². The molecule has 0 fully saturated rings. The van der Waals surface area contributed by atoms with E-state index in [1.54, 1.807) is 6.20 Å². The molecule has 0 atom stereocenters. The van der Waals surface area contributed by atoms with Crippen LogP contribution in [0.15, 0.2) is 73.4 Å². The van der Waals surface area contributed by atoms with Crippen molar-refractivity contribution in [3.8, 4) is 0 Å². The first-order chi connectivity index (χ1) is 8.86. The quantitative estimate of drug-likeness (QED) is 0.641. The Morgan fingerprint density at radius 2 is 1.61 bits per heavy atom. The minimum Gasteiger partial charge on any atom is -0.256 e. The molecule has 18 heavy (non-hydrogen) atoms. The largest absolute Gasteiger partial charge is 0.256 e. The summed E-state index contributed by atoms with van der Waals surface area (Å²) in [6, 6.07) is 20.5. The Morgan fingerprint density at radius 3 is 2.44 bits per heavy atom. The van der Waals surface area contributed by atoms with E-state index in [1.165, 1.54) is 10.8 Å². The Labute approximate surface area is 106 Å². The number of fused-ring (bicyclic) bond motifs is 1. The Hall–Kier alpha value is -2.41. The van der Waals surface area contributed by atoms with Crippen molar-refractivity contribution in [1.29, 1.82) is 0 Å². The zero-order chi connectivity index (χ0) is 12.4. The van der Waals surface area contributed by atoms with Gasteiger partial charge in [0.15, 0.2) is 0 Å². The fraction of sp³-hybridized carbons (Fsp3) is 0. The first kappa shape index (κ1) is 10.7. The van der Waals surface area contributed by atoms with Crippen molar-refractivity contribution in [3.05, 3.63) is 84.7 Å². The number of pyridine rings is 1. The van der Waals surface area contributed by atoms with Crippen molar-refractivity contribution < 1.29 is 0 Å². The number of nitrogens with zero attached hydrogens (tertiary/aromatic N) is 1. The van der Waals surface area contributed by atoms with Crippen molar-refractivity contribution in [2.45, 2.75) is 0 Å². The van der Waals surface area contributed by atoms with Crippen LogP contribution in [0.25, 0.3) is 16.3 Å². The summed E-state index contributed by atoms with van der Waals surface area (Å²) in [6.45, 7) is 4.18. The second-order valence-electron chi connectivity index (χ2n) is 4.22. The predicted molar refractivity (Wildman–Crippen MR) is 76.3 cm³/mol. The first-order valence-corrected chi connectivity index (χ1v) is 5.95. The molecule has 0 N–H and O–H groups in total. The Kier molecular flexibility index (Phi) is 2.66. The lowest BCUT2D eigenvalue weighted by molar-refractivity contribution is 1.28. The van der Waals surface area contributed by atoms with Crippen molar-refractivity contribution in [3.63, 3.8) is 0 Å². The first-order valence-electron chi connectivity index (χ1n) is 5.95. The van der Waals surface area contributed by atoms with Crippen LogP contribution in [0.4, 0.5) is 0 Å².